The normalized spacial score (nSPS) is 7.89. The van der Waals surface area contributed by atoms with Crippen LogP contribution in [0.15, 0.2) is 24.7 Å². The smallest absolute Gasteiger partial charge is 0.300 e. The summed E-state index contributed by atoms with van der Waals surface area (Å²) in [4.78, 5) is 18.0. The minimum atomic E-state index is -0.833. The van der Waals surface area contributed by atoms with Crippen LogP contribution in [0.1, 0.15) is 39.5 Å². The zero-order chi connectivity index (χ0) is 15.1. The fourth-order valence-corrected chi connectivity index (χ4v) is 0.658. The molecule has 0 saturated heterocycles. The summed E-state index contributed by atoms with van der Waals surface area (Å²) in [5, 5.41) is 32.1. The second-order valence-corrected chi connectivity index (χ2v) is 3.38. The maximum Gasteiger partial charge on any atom is 0.300 e. The molecular formula is C12H22O6. The Kier molecular flexibility index (Phi) is 17.8. The minimum absolute atomic E-state index is 0.212. The van der Waals surface area contributed by atoms with Gasteiger partial charge in [0.05, 0.1) is 11.5 Å². The summed E-state index contributed by atoms with van der Waals surface area (Å²) in [5.74, 6) is -1.24. The molecule has 0 unspecified atom stereocenters. The van der Waals surface area contributed by atoms with E-state index in [9.17, 15) is 0 Å². The molecule has 0 fully saturated rings. The largest absolute Gasteiger partial charge is 0.513 e. The van der Waals surface area contributed by atoms with Gasteiger partial charge in [0, 0.05) is 26.7 Å². The van der Waals surface area contributed by atoms with Gasteiger partial charge in [0.15, 0.2) is 0 Å². The van der Waals surface area contributed by atoms with Crippen molar-refractivity contribution in [2.75, 3.05) is 0 Å². The summed E-state index contributed by atoms with van der Waals surface area (Å²) < 4.78 is 0. The average molecular weight is 262 g/mol. The van der Waals surface area contributed by atoms with E-state index in [2.05, 4.69) is 13.2 Å². The Morgan fingerprint density at radius 1 is 0.778 bits per heavy atom. The molecule has 0 amide bonds. The van der Waals surface area contributed by atoms with Crippen LogP contribution < -0.4 is 0 Å². The lowest BCUT2D eigenvalue weighted by molar-refractivity contribution is -0.135. The van der Waals surface area contributed by atoms with Crippen LogP contribution in [0.3, 0.4) is 0 Å². The zero-order valence-corrected chi connectivity index (χ0v) is 10.8. The van der Waals surface area contributed by atoms with Crippen molar-refractivity contribution in [2.24, 2.45) is 0 Å². The number of rotatable bonds is 5. The van der Waals surface area contributed by atoms with Gasteiger partial charge in [-0.1, -0.05) is 13.2 Å². The van der Waals surface area contributed by atoms with Crippen molar-refractivity contribution in [1.82, 2.24) is 0 Å². The third-order valence-electron chi connectivity index (χ3n) is 1.18. The van der Waals surface area contributed by atoms with Crippen LogP contribution in [0.4, 0.5) is 0 Å². The van der Waals surface area contributed by atoms with Crippen LogP contribution in [-0.4, -0.2) is 32.4 Å². The third-order valence-corrected chi connectivity index (χ3v) is 1.18. The summed E-state index contributed by atoms with van der Waals surface area (Å²) >= 11 is 0. The molecule has 106 valence electrons. The van der Waals surface area contributed by atoms with E-state index in [1.54, 1.807) is 0 Å². The summed E-state index contributed by atoms with van der Waals surface area (Å²) in [5.41, 5.74) is 0. The van der Waals surface area contributed by atoms with E-state index in [-0.39, 0.29) is 11.5 Å². The standard InChI is InChI=1S/C8H14O2.2C2H4O2/c1-7(9)5-3-4-6-8(2)10;2*1-2(3)4/h9-10H,1-6H2;2*1H3,(H,3,4). The highest BCUT2D eigenvalue weighted by Crippen LogP contribution is 2.06. The number of unbranched alkanes of at least 4 members (excludes halogenated alkanes) is 1. The molecule has 0 saturated carbocycles. The average Bonchev–Trinajstić information content (AvgIpc) is 2.09. The number of carboxylic acids is 2. The first-order chi connectivity index (χ1) is 8.09. The topological polar surface area (TPSA) is 115 Å². The van der Waals surface area contributed by atoms with Gasteiger partial charge < -0.3 is 20.4 Å². The molecule has 0 aliphatic carbocycles. The molecule has 0 rings (SSSR count). The predicted molar refractivity (Wildman–Crippen MR) is 68.6 cm³/mol. The molecule has 0 spiro atoms. The Balaban J connectivity index is -0.000000233. The van der Waals surface area contributed by atoms with E-state index in [0.717, 1.165) is 26.7 Å². The summed E-state index contributed by atoms with van der Waals surface area (Å²) in [6.07, 6.45) is 2.95. The molecule has 6 heteroatoms. The van der Waals surface area contributed by atoms with E-state index in [1.807, 2.05) is 0 Å². The Labute approximate surface area is 107 Å². The SMILES string of the molecule is C=C(O)CCCCC(=C)O.CC(=O)O.CC(=O)O. The van der Waals surface area contributed by atoms with Gasteiger partial charge in [-0.05, 0) is 12.8 Å². The van der Waals surface area contributed by atoms with Crippen LogP contribution in [0.25, 0.3) is 0 Å². The van der Waals surface area contributed by atoms with E-state index >= 15 is 0 Å². The summed E-state index contributed by atoms with van der Waals surface area (Å²) in [7, 11) is 0. The van der Waals surface area contributed by atoms with Crippen molar-refractivity contribution in [3.63, 3.8) is 0 Å². The van der Waals surface area contributed by atoms with Crippen molar-refractivity contribution in [3.8, 4) is 0 Å². The second-order valence-electron chi connectivity index (χ2n) is 3.38. The molecule has 0 aliphatic rings. The van der Waals surface area contributed by atoms with Crippen LogP contribution >= 0.6 is 0 Å². The zero-order valence-electron chi connectivity index (χ0n) is 10.8. The minimum Gasteiger partial charge on any atom is -0.513 e. The lowest BCUT2D eigenvalue weighted by Gasteiger charge is -1.97. The van der Waals surface area contributed by atoms with Crippen molar-refractivity contribution >= 4 is 11.9 Å². The Morgan fingerprint density at radius 2 is 0.944 bits per heavy atom. The first-order valence-electron chi connectivity index (χ1n) is 5.22. The monoisotopic (exact) mass is 262 g/mol. The lowest BCUT2D eigenvalue weighted by atomic mass is 10.1. The van der Waals surface area contributed by atoms with Crippen LogP contribution in [0, 0.1) is 0 Å². The van der Waals surface area contributed by atoms with E-state index in [1.165, 1.54) is 0 Å². The van der Waals surface area contributed by atoms with Gasteiger partial charge in [-0.3, -0.25) is 9.59 Å². The maximum atomic E-state index is 9.00. The molecule has 0 aromatic carbocycles. The number of aliphatic hydroxyl groups is 2. The predicted octanol–water partition coefficient (Wildman–Crippen LogP) is 2.87. The van der Waals surface area contributed by atoms with Crippen molar-refractivity contribution < 1.29 is 30.0 Å². The number of carboxylic acid groups (broad SMARTS) is 2. The number of allylic oxidation sites excluding steroid dienone is 2. The van der Waals surface area contributed by atoms with Gasteiger partial charge in [0.25, 0.3) is 11.9 Å². The highest BCUT2D eigenvalue weighted by Gasteiger charge is 1.92. The van der Waals surface area contributed by atoms with Gasteiger partial charge in [-0.15, -0.1) is 0 Å². The first-order valence-corrected chi connectivity index (χ1v) is 5.22. The fraction of sp³-hybridized carbons (Fsp3) is 0.500. The summed E-state index contributed by atoms with van der Waals surface area (Å²) in [6, 6.07) is 0. The fourth-order valence-electron chi connectivity index (χ4n) is 0.658. The molecule has 0 aliphatic heterocycles. The van der Waals surface area contributed by atoms with E-state index in [0.29, 0.717) is 12.8 Å². The number of aliphatic hydroxyl groups excluding tert-OH is 2. The molecule has 0 aromatic rings. The van der Waals surface area contributed by atoms with Gasteiger partial charge in [0.1, 0.15) is 0 Å². The summed E-state index contributed by atoms with van der Waals surface area (Å²) in [6.45, 7) is 8.85. The highest BCUT2D eigenvalue weighted by molar-refractivity contribution is 5.63. The molecule has 0 atom stereocenters. The van der Waals surface area contributed by atoms with Crippen LogP contribution in [-0.2, 0) is 9.59 Å². The first kappa shape index (κ1) is 21.3. The van der Waals surface area contributed by atoms with E-state index < -0.39 is 11.9 Å². The molecule has 18 heavy (non-hydrogen) atoms. The molecule has 0 bridgehead atoms. The molecular weight excluding hydrogens is 240 g/mol. The van der Waals surface area contributed by atoms with E-state index in [4.69, 9.17) is 30.0 Å². The molecule has 6 nitrogen and oxygen atoms in total. The number of hydrogen-bond acceptors (Lipinski definition) is 4. The number of carbonyl (C=O) groups is 2. The van der Waals surface area contributed by atoms with Crippen molar-refractivity contribution in [3.05, 3.63) is 24.7 Å². The molecule has 4 N–H and O–H groups in total. The number of hydrogen-bond donors (Lipinski definition) is 4. The van der Waals surface area contributed by atoms with Crippen LogP contribution in [0.2, 0.25) is 0 Å². The second kappa shape index (κ2) is 15.0. The van der Waals surface area contributed by atoms with Gasteiger partial charge in [0.2, 0.25) is 0 Å². The Morgan fingerprint density at radius 3 is 1.06 bits per heavy atom. The van der Waals surface area contributed by atoms with Crippen LogP contribution in [0.5, 0.6) is 0 Å². The molecule has 0 radical (unpaired) electrons. The lowest BCUT2D eigenvalue weighted by Crippen LogP contribution is -1.82. The van der Waals surface area contributed by atoms with Gasteiger partial charge >= 0.3 is 0 Å². The highest BCUT2D eigenvalue weighted by atomic mass is 16.4. The maximum absolute atomic E-state index is 9.00. The third kappa shape index (κ3) is 94.3. The Hall–Kier alpha value is -1.98. The quantitative estimate of drug-likeness (QED) is 0.447. The molecule has 0 heterocycles. The Bertz CT molecular complexity index is 234. The number of aliphatic carboxylic acids is 2. The van der Waals surface area contributed by atoms with Crippen molar-refractivity contribution in [1.29, 1.82) is 0 Å². The molecule has 0 aromatic heterocycles. The van der Waals surface area contributed by atoms with Gasteiger partial charge in [-0.25, -0.2) is 0 Å². The van der Waals surface area contributed by atoms with Crippen molar-refractivity contribution in [2.45, 2.75) is 39.5 Å². The van der Waals surface area contributed by atoms with Gasteiger partial charge in [-0.2, -0.15) is 0 Å².